The number of anilines is 1. The molecule has 3 rings (SSSR count). The average molecular weight is 384 g/mol. The smallest absolute Gasteiger partial charge is 0.418 e. The van der Waals surface area contributed by atoms with Gasteiger partial charge >= 0.3 is 12.1 Å². The van der Waals surface area contributed by atoms with Crippen LogP contribution in [0, 0.1) is 0 Å². The van der Waals surface area contributed by atoms with Gasteiger partial charge < -0.3 is 9.64 Å². The molecule has 26 heavy (non-hydrogen) atoms. The molecule has 2 aromatic rings. The second-order valence-corrected chi connectivity index (χ2v) is 6.75. The number of para-hydroxylation sites is 1. The Morgan fingerprint density at radius 1 is 1.31 bits per heavy atom. The van der Waals surface area contributed by atoms with Gasteiger partial charge in [-0.05, 0) is 32.1 Å². The molecule has 0 N–H and O–H groups in total. The molecule has 0 unspecified atom stereocenters. The van der Waals surface area contributed by atoms with Gasteiger partial charge in [0.1, 0.15) is 10.6 Å². The van der Waals surface area contributed by atoms with Gasteiger partial charge in [0.15, 0.2) is 0 Å². The molecule has 1 aromatic carbocycles. The zero-order valence-electron chi connectivity index (χ0n) is 14.5. The lowest BCUT2D eigenvalue weighted by Gasteiger charge is -2.25. The van der Waals surface area contributed by atoms with Crippen molar-refractivity contribution in [1.82, 2.24) is 4.98 Å². The van der Waals surface area contributed by atoms with E-state index in [4.69, 9.17) is 4.74 Å². The average Bonchev–Trinajstić information content (AvgIpc) is 3.12. The van der Waals surface area contributed by atoms with Crippen molar-refractivity contribution < 1.29 is 22.7 Å². The lowest BCUT2D eigenvalue weighted by Crippen LogP contribution is -2.23. The summed E-state index contributed by atoms with van der Waals surface area (Å²) in [5.41, 5.74) is -0.157. The van der Waals surface area contributed by atoms with Crippen LogP contribution in [0.1, 0.15) is 35.7 Å². The SMILES string of the molecule is CCOC(=O)c1c(SC)nc2c(C(F)(F)F)cccc2c1N1CCCC1. The zero-order chi connectivity index (χ0) is 18.9. The first-order chi connectivity index (χ1) is 12.4. The summed E-state index contributed by atoms with van der Waals surface area (Å²) in [7, 11) is 0. The third-order valence-electron chi connectivity index (χ3n) is 4.36. The minimum absolute atomic E-state index is 0.126. The van der Waals surface area contributed by atoms with E-state index in [1.54, 1.807) is 19.2 Å². The molecule has 0 radical (unpaired) electrons. The van der Waals surface area contributed by atoms with E-state index in [1.165, 1.54) is 6.07 Å². The second kappa shape index (κ2) is 7.34. The molecule has 0 aliphatic carbocycles. The lowest BCUT2D eigenvalue weighted by molar-refractivity contribution is -0.136. The largest absolute Gasteiger partial charge is 0.462 e. The van der Waals surface area contributed by atoms with Crippen molar-refractivity contribution in [2.24, 2.45) is 0 Å². The quantitative estimate of drug-likeness (QED) is 0.562. The van der Waals surface area contributed by atoms with Crippen molar-refractivity contribution in [2.75, 3.05) is 30.9 Å². The van der Waals surface area contributed by atoms with Gasteiger partial charge in [0.2, 0.25) is 0 Å². The summed E-state index contributed by atoms with van der Waals surface area (Å²) in [4.78, 5) is 18.8. The first kappa shape index (κ1) is 18.8. The van der Waals surface area contributed by atoms with Gasteiger partial charge in [-0.1, -0.05) is 12.1 Å². The summed E-state index contributed by atoms with van der Waals surface area (Å²) in [5, 5.41) is 0.595. The van der Waals surface area contributed by atoms with Crippen LogP contribution in [-0.2, 0) is 10.9 Å². The van der Waals surface area contributed by atoms with Crippen LogP contribution in [0.5, 0.6) is 0 Å². The molecule has 1 aromatic heterocycles. The second-order valence-electron chi connectivity index (χ2n) is 5.96. The fourth-order valence-electron chi connectivity index (χ4n) is 3.28. The van der Waals surface area contributed by atoms with Crippen molar-refractivity contribution in [3.05, 3.63) is 29.3 Å². The van der Waals surface area contributed by atoms with E-state index in [2.05, 4.69) is 4.98 Å². The van der Waals surface area contributed by atoms with Gasteiger partial charge in [-0.3, -0.25) is 0 Å². The molecule has 1 aliphatic rings. The van der Waals surface area contributed by atoms with Gasteiger partial charge in [-0.25, -0.2) is 9.78 Å². The maximum Gasteiger partial charge on any atom is 0.418 e. The van der Waals surface area contributed by atoms with Crippen LogP contribution < -0.4 is 4.90 Å². The zero-order valence-corrected chi connectivity index (χ0v) is 15.3. The molecule has 2 heterocycles. The number of nitrogens with zero attached hydrogens (tertiary/aromatic N) is 2. The Balaban J connectivity index is 2.38. The minimum Gasteiger partial charge on any atom is -0.462 e. The fraction of sp³-hybridized carbons (Fsp3) is 0.444. The normalized spacial score (nSPS) is 14.9. The number of alkyl halides is 3. The predicted molar refractivity (Wildman–Crippen MR) is 95.9 cm³/mol. The number of halogens is 3. The minimum atomic E-state index is -4.52. The summed E-state index contributed by atoms with van der Waals surface area (Å²) < 4.78 is 45.6. The molecule has 0 atom stereocenters. The Hall–Kier alpha value is -1.96. The summed E-state index contributed by atoms with van der Waals surface area (Å²) in [6, 6.07) is 3.98. The molecule has 0 spiro atoms. The number of hydrogen-bond acceptors (Lipinski definition) is 5. The van der Waals surface area contributed by atoms with Crippen molar-refractivity contribution in [3.63, 3.8) is 0 Å². The van der Waals surface area contributed by atoms with Crippen LogP contribution in [0.3, 0.4) is 0 Å². The number of esters is 1. The molecule has 4 nitrogen and oxygen atoms in total. The number of fused-ring (bicyclic) bond motifs is 1. The van der Waals surface area contributed by atoms with E-state index in [0.29, 0.717) is 24.2 Å². The molecular weight excluding hydrogens is 365 g/mol. The fourth-order valence-corrected chi connectivity index (χ4v) is 3.85. The Morgan fingerprint density at radius 3 is 2.58 bits per heavy atom. The maximum atomic E-state index is 13.5. The Morgan fingerprint density at radius 2 is 2.00 bits per heavy atom. The molecule has 8 heteroatoms. The number of carbonyl (C=O) groups excluding carboxylic acids is 1. The van der Waals surface area contributed by atoms with Gasteiger partial charge in [0, 0.05) is 18.5 Å². The lowest BCUT2D eigenvalue weighted by atomic mass is 10.0. The van der Waals surface area contributed by atoms with Gasteiger partial charge in [0.25, 0.3) is 0 Å². The van der Waals surface area contributed by atoms with E-state index >= 15 is 0 Å². The van der Waals surface area contributed by atoms with Gasteiger partial charge in [0.05, 0.1) is 23.4 Å². The standard InChI is InChI=1S/C18H19F3N2O2S/c1-3-25-17(24)13-15(23-9-4-5-10-23)11-7-6-8-12(18(19,20)21)14(11)22-16(13)26-2/h6-8H,3-5,9-10H2,1-2H3. The molecular formula is C18H19F3N2O2S. The maximum absolute atomic E-state index is 13.5. The summed E-state index contributed by atoms with van der Waals surface area (Å²) in [5.74, 6) is -0.550. The van der Waals surface area contributed by atoms with E-state index in [0.717, 1.165) is 30.7 Å². The molecule has 0 bridgehead atoms. The molecule has 1 fully saturated rings. The predicted octanol–water partition coefficient (Wildman–Crippen LogP) is 4.75. The number of pyridine rings is 1. The molecule has 0 saturated carbocycles. The number of hydrogen-bond donors (Lipinski definition) is 0. The number of aromatic nitrogens is 1. The number of carbonyl (C=O) groups is 1. The van der Waals surface area contributed by atoms with Crippen molar-refractivity contribution >= 4 is 34.3 Å². The highest BCUT2D eigenvalue weighted by Gasteiger charge is 2.35. The highest BCUT2D eigenvalue weighted by molar-refractivity contribution is 7.98. The highest BCUT2D eigenvalue weighted by Crippen LogP contribution is 2.42. The first-order valence-corrected chi connectivity index (χ1v) is 9.61. The van der Waals surface area contributed by atoms with Gasteiger partial charge in [-0.2, -0.15) is 13.2 Å². The van der Waals surface area contributed by atoms with E-state index in [9.17, 15) is 18.0 Å². The van der Waals surface area contributed by atoms with Crippen LogP contribution in [0.4, 0.5) is 18.9 Å². The Kier molecular flexibility index (Phi) is 5.32. The van der Waals surface area contributed by atoms with E-state index in [1.807, 2.05) is 4.90 Å². The molecule has 0 amide bonds. The summed E-state index contributed by atoms with van der Waals surface area (Å²) >= 11 is 1.15. The van der Waals surface area contributed by atoms with Crippen LogP contribution >= 0.6 is 11.8 Å². The van der Waals surface area contributed by atoms with Crippen molar-refractivity contribution in [3.8, 4) is 0 Å². The first-order valence-electron chi connectivity index (χ1n) is 8.38. The number of benzene rings is 1. The van der Waals surface area contributed by atoms with Crippen molar-refractivity contribution in [2.45, 2.75) is 31.0 Å². The number of ether oxygens (including phenoxy) is 1. The third-order valence-corrected chi connectivity index (χ3v) is 5.04. The van der Waals surface area contributed by atoms with Crippen LogP contribution in [0.2, 0.25) is 0 Å². The Bertz CT molecular complexity index is 833. The summed E-state index contributed by atoms with van der Waals surface area (Å²) in [6.45, 7) is 3.26. The van der Waals surface area contributed by atoms with Crippen LogP contribution in [-0.4, -0.2) is 36.9 Å². The third kappa shape index (κ3) is 3.34. The highest BCUT2D eigenvalue weighted by atomic mass is 32.2. The molecule has 1 aliphatic heterocycles. The van der Waals surface area contributed by atoms with E-state index in [-0.39, 0.29) is 22.7 Å². The molecule has 140 valence electrons. The van der Waals surface area contributed by atoms with Gasteiger partial charge in [-0.15, -0.1) is 11.8 Å². The van der Waals surface area contributed by atoms with Crippen molar-refractivity contribution in [1.29, 1.82) is 0 Å². The summed E-state index contributed by atoms with van der Waals surface area (Å²) in [6.07, 6.45) is -0.962. The molecule has 1 saturated heterocycles. The van der Waals surface area contributed by atoms with Crippen LogP contribution in [0.15, 0.2) is 23.2 Å². The monoisotopic (exact) mass is 384 g/mol. The number of rotatable bonds is 4. The van der Waals surface area contributed by atoms with E-state index < -0.39 is 17.7 Å². The topological polar surface area (TPSA) is 42.4 Å². The number of thioether (sulfide) groups is 1. The van der Waals surface area contributed by atoms with Crippen LogP contribution in [0.25, 0.3) is 10.9 Å². The Labute approximate surface area is 153 Å².